The van der Waals surface area contributed by atoms with Crippen LogP contribution in [0.5, 0.6) is 0 Å². The molecular formula is C9H20N2O. The van der Waals surface area contributed by atoms with Crippen molar-refractivity contribution in [1.29, 1.82) is 0 Å². The van der Waals surface area contributed by atoms with Crippen LogP contribution < -0.4 is 5.32 Å². The Morgan fingerprint density at radius 1 is 1.33 bits per heavy atom. The Bertz CT molecular complexity index is 117. The number of hydrogen-bond acceptors (Lipinski definition) is 3. The van der Waals surface area contributed by atoms with Gasteiger partial charge in [0.2, 0.25) is 0 Å². The molecule has 2 rings (SSSR count). The number of likely N-dealkylation sites (N-methyl/N-ethyl adjacent to an activating group) is 1. The lowest BCUT2D eigenvalue weighted by Crippen LogP contribution is -2.68. The van der Waals surface area contributed by atoms with E-state index in [2.05, 4.69) is 17.3 Å². The fourth-order valence-corrected chi connectivity index (χ4v) is 1.85. The molecule has 0 bridgehead atoms. The summed E-state index contributed by atoms with van der Waals surface area (Å²) in [4.78, 5) is 2.28. The molecule has 1 spiro atoms. The van der Waals surface area contributed by atoms with E-state index in [4.69, 9.17) is 4.74 Å². The monoisotopic (exact) mass is 172 g/mol. The van der Waals surface area contributed by atoms with Crippen LogP contribution in [0.2, 0.25) is 0 Å². The normalized spacial score (nSPS) is 27.2. The van der Waals surface area contributed by atoms with Crippen molar-refractivity contribution in [3.05, 3.63) is 0 Å². The molecule has 0 aromatic carbocycles. The largest absolute Gasteiger partial charge is 0.370 e. The van der Waals surface area contributed by atoms with Crippen molar-refractivity contribution < 1.29 is 4.74 Å². The van der Waals surface area contributed by atoms with E-state index in [0.717, 1.165) is 32.8 Å². The van der Waals surface area contributed by atoms with Crippen molar-refractivity contribution >= 4 is 0 Å². The lowest BCUT2D eigenvalue weighted by molar-refractivity contribution is -0.148. The molecule has 2 aliphatic heterocycles. The van der Waals surface area contributed by atoms with Crippen molar-refractivity contribution in [3.63, 3.8) is 0 Å². The van der Waals surface area contributed by atoms with Crippen LogP contribution in [0.25, 0.3) is 0 Å². The predicted octanol–water partition coefficient (Wildman–Crippen LogP) is 0.317. The van der Waals surface area contributed by atoms with Crippen molar-refractivity contribution in [2.24, 2.45) is 0 Å². The highest BCUT2D eigenvalue weighted by Gasteiger charge is 2.43. The van der Waals surface area contributed by atoms with Gasteiger partial charge in [-0.1, -0.05) is 13.8 Å². The van der Waals surface area contributed by atoms with Gasteiger partial charge in [-0.05, 0) is 7.05 Å². The van der Waals surface area contributed by atoms with Gasteiger partial charge in [-0.15, -0.1) is 0 Å². The van der Waals surface area contributed by atoms with Gasteiger partial charge in [-0.3, -0.25) is 0 Å². The molecule has 0 amide bonds. The first-order valence-electron chi connectivity index (χ1n) is 4.84. The SMILES string of the molecule is CC.CN1CC2(CNCCO2)C1. The van der Waals surface area contributed by atoms with Crippen molar-refractivity contribution in [2.75, 3.05) is 39.8 Å². The Kier molecular flexibility index (Phi) is 3.50. The summed E-state index contributed by atoms with van der Waals surface area (Å²) in [6.45, 7) is 9.14. The summed E-state index contributed by atoms with van der Waals surface area (Å²) in [5.41, 5.74) is 0.188. The zero-order chi connectivity index (χ0) is 9.03. The molecule has 0 aliphatic carbocycles. The van der Waals surface area contributed by atoms with E-state index >= 15 is 0 Å². The Hall–Kier alpha value is -0.120. The van der Waals surface area contributed by atoms with E-state index in [1.807, 2.05) is 13.8 Å². The van der Waals surface area contributed by atoms with Crippen LogP contribution in [0.1, 0.15) is 13.8 Å². The maximum Gasteiger partial charge on any atom is 0.106 e. The van der Waals surface area contributed by atoms with E-state index in [-0.39, 0.29) is 5.60 Å². The Balaban J connectivity index is 0.000000336. The molecule has 2 aliphatic rings. The standard InChI is InChI=1S/C7H14N2O.C2H6/c1-9-5-7(6-9)4-8-2-3-10-7;1-2/h8H,2-6H2,1H3;1-2H3. The van der Waals surface area contributed by atoms with Crippen molar-refractivity contribution in [2.45, 2.75) is 19.4 Å². The molecule has 0 aromatic heterocycles. The molecule has 3 nitrogen and oxygen atoms in total. The van der Waals surface area contributed by atoms with Crippen molar-refractivity contribution in [1.82, 2.24) is 10.2 Å². The molecule has 0 unspecified atom stereocenters. The molecular weight excluding hydrogens is 152 g/mol. The second-order valence-electron chi connectivity index (χ2n) is 3.38. The first-order chi connectivity index (χ1) is 5.81. The molecule has 0 radical (unpaired) electrons. The fraction of sp³-hybridized carbons (Fsp3) is 1.00. The molecule has 0 atom stereocenters. The minimum absolute atomic E-state index is 0.188. The predicted molar refractivity (Wildman–Crippen MR) is 50.4 cm³/mol. The molecule has 72 valence electrons. The third kappa shape index (κ3) is 1.97. The Morgan fingerprint density at radius 3 is 2.42 bits per heavy atom. The van der Waals surface area contributed by atoms with Crippen LogP contribution in [0.4, 0.5) is 0 Å². The third-order valence-electron chi connectivity index (χ3n) is 2.25. The van der Waals surface area contributed by atoms with Gasteiger partial charge in [0.1, 0.15) is 5.60 Å². The van der Waals surface area contributed by atoms with E-state index in [0.29, 0.717) is 0 Å². The molecule has 1 N–H and O–H groups in total. The summed E-state index contributed by atoms with van der Waals surface area (Å²) in [6.07, 6.45) is 0. The summed E-state index contributed by atoms with van der Waals surface area (Å²) >= 11 is 0. The number of morpholine rings is 1. The minimum Gasteiger partial charge on any atom is -0.370 e. The molecule has 2 heterocycles. The van der Waals surface area contributed by atoms with Gasteiger partial charge in [0.25, 0.3) is 0 Å². The maximum absolute atomic E-state index is 5.67. The second kappa shape index (κ2) is 4.21. The van der Waals surface area contributed by atoms with Crippen LogP contribution in [-0.4, -0.2) is 50.3 Å². The van der Waals surface area contributed by atoms with Gasteiger partial charge in [-0.25, -0.2) is 0 Å². The quantitative estimate of drug-likeness (QED) is 0.569. The highest BCUT2D eigenvalue weighted by atomic mass is 16.5. The summed E-state index contributed by atoms with van der Waals surface area (Å²) in [5, 5.41) is 3.35. The van der Waals surface area contributed by atoms with Gasteiger partial charge in [0, 0.05) is 26.2 Å². The molecule has 0 aromatic rings. The smallest absolute Gasteiger partial charge is 0.106 e. The summed E-state index contributed by atoms with van der Waals surface area (Å²) in [5.74, 6) is 0. The number of hydrogen-bond donors (Lipinski definition) is 1. The maximum atomic E-state index is 5.67. The summed E-state index contributed by atoms with van der Waals surface area (Å²) in [6, 6.07) is 0. The third-order valence-corrected chi connectivity index (χ3v) is 2.25. The van der Waals surface area contributed by atoms with E-state index < -0.39 is 0 Å². The lowest BCUT2D eigenvalue weighted by Gasteiger charge is -2.50. The van der Waals surface area contributed by atoms with E-state index in [9.17, 15) is 0 Å². The van der Waals surface area contributed by atoms with Gasteiger partial charge < -0.3 is 15.0 Å². The molecule has 2 saturated heterocycles. The molecule has 0 saturated carbocycles. The number of rotatable bonds is 0. The first kappa shape index (κ1) is 9.96. The fourth-order valence-electron chi connectivity index (χ4n) is 1.85. The van der Waals surface area contributed by atoms with Gasteiger partial charge in [-0.2, -0.15) is 0 Å². The number of likely N-dealkylation sites (tertiary alicyclic amines) is 1. The van der Waals surface area contributed by atoms with Crippen LogP contribution in [0.15, 0.2) is 0 Å². The van der Waals surface area contributed by atoms with Crippen LogP contribution in [-0.2, 0) is 4.74 Å². The Morgan fingerprint density at radius 2 is 2.00 bits per heavy atom. The van der Waals surface area contributed by atoms with Crippen molar-refractivity contribution in [3.8, 4) is 0 Å². The van der Waals surface area contributed by atoms with Crippen LogP contribution in [0, 0.1) is 0 Å². The van der Waals surface area contributed by atoms with Gasteiger partial charge >= 0.3 is 0 Å². The average Bonchev–Trinajstić information content (AvgIpc) is 2.08. The molecule has 2 fully saturated rings. The van der Waals surface area contributed by atoms with Crippen LogP contribution >= 0.6 is 0 Å². The lowest BCUT2D eigenvalue weighted by atomic mass is 9.93. The zero-order valence-corrected chi connectivity index (χ0v) is 8.39. The van der Waals surface area contributed by atoms with Gasteiger partial charge in [0.15, 0.2) is 0 Å². The Labute approximate surface area is 75.1 Å². The van der Waals surface area contributed by atoms with Crippen LogP contribution in [0.3, 0.4) is 0 Å². The second-order valence-corrected chi connectivity index (χ2v) is 3.38. The number of nitrogens with one attached hydrogen (secondary N) is 1. The van der Waals surface area contributed by atoms with E-state index in [1.165, 1.54) is 0 Å². The average molecular weight is 172 g/mol. The molecule has 12 heavy (non-hydrogen) atoms. The number of nitrogens with zero attached hydrogens (tertiary/aromatic N) is 1. The summed E-state index contributed by atoms with van der Waals surface area (Å²) in [7, 11) is 2.13. The summed E-state index contributed by atoms with van der Waals surface area (Å²) < 4.78 is 5.67. The number of ether oxygens (including phenoxy) is 1. The molecule has 3 heteroatoms. The highest BCUT2D eigenvalue weighted by molar-refractivity contribution is 4.99. The zero-order valence-electron chi connectivity index (χ0n) is 8.39. The van der Waals surface area contributed by atoms with Gasteiger partial charge in [0.05, 0.1) is 6.61 Å². The minimum atomic E-state index is 0.188. The first-order valence-corrected chi connectivity index (χ1v) is 4.84. The van der Waals surface area contributed by atoms with E-state index in [1.54, 1.807) is 0 Å². The highest BCUT2D eigenvalue weighted by Crippen LogP contribution is 2.24. The topological polar surface area (TPSA) is 24.5 Å².